The molecule has 1 fully saturated rings. The Balaban J connectivity index is 0.000000174. The molecule has 0 atom stereocenters. The van der Waals surface area contributed by atoms with E-state index in [9.17, 15) is 4.79 Å². The molecule has 2 heterocycles. The van der Waals surface area contributed by atoms with Crippen molar-refractivity contribution in [2.45, 2.75) is 25.8 Å². The van der Waals surface area contributed by atoms with Gasteiger partial charge in [0.15, 0.2) is 0 Å². The van der Waals surface area contributed by atoms with E-state index in [1.54, 1.807) is 0 Å². The monoisotopic (exact) mass is 334 g/mol. The Labute approximate surface area is 141 Å². The number of hydrogen-bond acceptors (Lipinski definition) is 4. The van der Waals surface area contributed by atoms with Gasteiger partial charge in [0.25, 0.3) is 5.56 Å². The number of halogens is 1. The van der Waals surface area contributed by atoms with E-state index < -0.39 is 0 Å². The molecule has 1 aromatic carbocycles. The number of nitrogens with two attached hydrogens (primary N) is 1. The van der Waals surface area contributed by atoms with Crippen LogP contribution >= 0.6 is 11.6 Å². The minimum atomic E-state index is -0.373. The zero-order chi connectivity index (χ0) is 16.7. The van der Waals surface area contributed by atoms with Gasteiger partial charge in [-0.3, -0.25) is 9.69 Å². The Bertz CT molecular complexity index is 666. The van der Waals surface area contributed by atoms with Gasteiger partial charge in [-0.1, -0.05) is 48.4 Å². The van der Waals surface area contributed by atoms with E-state index in [4.69, 9.17) is 17.3 Å². The molecule has 23 heavy (non-hydrogen) atoms. The third-order valence-corrected chi connectivity index (χ3v) is 4.18. The van der Waals surface area contributed by atoms with Crippen LogP contribution in [0.2, 0.25) is 5.02 Å². The summed E-state index contributed by atoms with van der Waals surface area (Å²) in [7, 11) is 1.51. The number of likely N-dealkylation sites (tertiary alicyclic amines) is 1. The van der Waals surface area contributed by atoms with Crippen LogP contribution in [0.4, 0.5) is 5.69 Å². The first-order chi connectivity index (χ1) is 11.1. The fraction of sp³-hybridized carbons (Fsp3) is 0.412. The fourth-order valence-corrected chi connectivity index (χ4v) is 2.65. The number of anilines is 1. The lowest BCUT2D eigenvalue weighted by Gasteiger charge is -2.26. The summed E-state index contributed by atoms with van der Waals surface area (Å²) in [6.07, 6.45) is 5.52. The van der Waals surface area contributed by atoms with Crippen LogP contribution in [-0.2, 0) is 13.6 Å². The third-order valence-electron chi connectivity index (χ3n) is 3.80. The van der Waals surface area contributed by atoms with Gasteiger partial charge in [0.1, 0.15) is 5.02 Å². The molecule has 1 aromatic heterocycles. The van der Waals surface area contributed by atoms with Crippen LogP contribution in [0.25, 0.3) is 0 Å². The summed E-state index contributed by atoms with van der Waals surface area (Å²) in [6, 6.07) is 10.8. The summed E-state index contributed by atoms with van der Waals surface area (Å²) < 4.78 is 1.12. The molecule has 1 saturated heterocycles. The maximum Gasteiger partial charge on any atom is 0.287 e. The average Bonchev–Trinajstić information content (AvgIpc) is 2.59. The van der Waals surface area contributed by atoms with Crippen molar-refractivity contribution in [1.82, 2.24) is 14.7 Å². The first-order valence-electron chi connectivity index (χ1n) is 7.81. The normalized spacial score (nSPS) is 14.9. The lowest BCUT2D eigenvalue weighted by molar-refractivity contribution is 0.221. The van der Waals surface area contributed by atoms with Crippen molar-refractivity contribution in [1.29, 1.82) is 0 Å². The van der Waals surface area contributed by atoms with Crippen molar-refractivity contribution in [3.63, 3.8) is 0 Å². The second-order valence-corrected chi connectivity index (χ2v) is 6.04. The molecule has 6 heteroatoms. The molecule has 0 spiro atoms. The molecule has 0 aliphatic carbocycles. The molecule has 1 aliphatic rings. The predicted molar refractivity (Wildman–Crippen MR) is 94.5 cm³/mol. The van der Waals surface area contributed by atoms with Crippen LogP contribution < -0.4 is 11.3 Å². The van der Waals surface area contributed by atoms with Gasteiger partial charge >= 0.3 is 0 Å². The predicted octanol–water partition coefficient (Wildman–Crippen LogP) is 2.69. The van der Waals surface area contributed by atoms with Crippen molar-refractivity contribution >= 4 is 17.3 Å². The molecular formula is C17H23ClN4O. The number of aryl methyl sites for hydroxylation is 1. The Hall–Kier alpha value is -1.85. The smallest absolute Gasteiger partial charge is 0.287 e. The van der Waals surface area contributed by atoms with Crippen molar-refractivity contribution in [3.05, 3.63) is 57.5 Å². The first-order valence-corrected chi connectivity index (χ1v) is 8.19. The zero-order valence-corrected chi connectivity index (χ0v) is 14.2. The Morgan fingerprint density at radius 1 is 1.17 bits per heavy atom. The number of piperidine rings is 1. The topological polar surface area (TPSA) is 64.2 Å². The molecule has 3 rings (SSSR count). The summed E-state index contributed by atoms with van der Waals surface area (Å²) in [6.45, 7) is 3.71. The SMILES string of the molecule is Cn1ncc(N)c(Cl)c1=O.c1ccc(CN2CCCCC2)cc1. The standard InChI is InChI=1S/C12H17N.C5H6ClN3O/c1-3-7-12(8-4-1)11-13-9-5-2-6-10-13;1-9-5(10)4(6)3(7)2-8-9/h1,3-4,7-8H,2,5-6,9-11H2;2H,7H2,1H3. The van der Waals surface area contributed by atoms with Gasteiger partial charge in [-0.15, -0.1) is 0 Å². The lowest BCUT2D eigenvalue weighted by atomic mass is 10.1. The molecule has 0 radical (unpaired) electrons. The molecule has 5 nitrogen and oxygen atoms in total. The highest BCUT2D eigenvalue weighted by atomic mass is 35.5. The maximum atomic E-state index is 10.9. The summed E-state index contributed by atoms with van der Waals surface area (Å²) in [5.74, 6) is 0. The zero-order valence-electron chi connectivity index (χ0n) is 13.4. The van der Waals surface area contributed by atoms with E-state index in [1.165, 1.54) is 51.2 Å². The van der Waals surface area contributed by atoms with Gasteiger partial charge < -0.3 is 5.73 Å². The molecule has 2 N–H and O–H groups in total. The number of nitrogen functional groups attached to an aromatic ring is 1. The lowest BCUT2D eigenvalue weighted by Crippen LogP contribution is -2.28. The third kappa shape index (κ3) is 5.37. The van der Waals surface area contributed by atoms with Gasteiger partial charge in [-0.2, -0.15) is 5.10 Å². The Morgan fingerprint density at radius 3 is 2.43 bits per heavy atom. The minimum Gasteiger partial charge on any atom is -0.396 e. The first kappa shape index (κ1) is 17.5. The van der Waals surface area contributed by atoms with Crippen LogP contribution in [0.15, 0.2) is 41.3 Å². The van der Waals surface area contributed by atoms with Gasteiger partial charge in [0.05, 0.1) is 11.9 Å². The highest BCUT2D eigenvalue weighted by molar-refractivity contribution is 6.32. The molecule has 1 aliphatic heterocycles. The molecule has 2 aromatic rings. The molecule has 0 bridgehead atoms. The molecule has 0 amide bonds. The second kappa shape index (κ2) is 8.70. The van der Waals surface area contributed by atoms with E-state index in [0.29, 0.717) is 0 Å². The average molecular weight is 335 g/mol. The van der Waals surface area contributed by atoms with Crippen LogP contribution in [0.5, 0.6) is 0 Å². The number of aromatic nitrogens is 2. The number of rotatable bonds is 2. The van der Waals surface area contributed by atoms with E-state index in [2.05, 4.69) is 40.3 Å². The van der Waals surface area contributed by atoms with E-state index in [0.717, 1.165) is 11.2 Å². The van der Waals surface area contributed by atoms with Crippen molar-refractivity contribution in [2.24, 2.45) is 7.05 Å². The van der Waals surface area contributed by atoms with Gasteiger partial charge in [-0.05, 0) is 31.5 Å². The summed E-state index contributed by atoms with van der Waals surface area (Å²) in [4.78, 5) is 13.4. The van der Waals surface area contributed by atoms with Gasteiger partial charge in [0, 0.05) is 13.6 Å². The minimum absolute atomic E-state index is 0.0255. The Morgan fingerprint density at radius 2 is 1.83 bits per heavy atom. The van der Waals surface area contributed by atoms with Crippen molar-refractivity contribution in [2.75, 3.05) is 18.8 Å². The van der Waals surface area contributed by atoms with E-state index in [-0.39, 0.29) is 16.3 Å². The molecule has 124 valence electrons. The molecule has 0 unspecified atom stereocenters. The highest BCUT2D eigenvalue weighted by Crippen LogP contribution is 2.12. The highest BCUT2D eigenvalue weighted by Gasteiger charge is 2.09. The Kier molecular flexibility index (Phi) is 6.62. The van der Waals surface area contributed by atoms with Crippen molar-refractivity contribution < 1.29 is 0 Å². The largest absolute Gasteiger partial charge is 0.396 e. The van der Waals surface area contributed by atoms with Crippen LogP contribution in [0.1, 0.15) is 24.8 Å². The summed E-state index contributed by atoms with van der Waals surface area (Å²) in [5, 5.41) is 3.66. The molecular weight excluding hydrogens is 312 g/mol. The number of nitrogens with zero attached hydrogens (tertiary/aromatic N) is 3. The van der Waals surface area contributed by atoms with Crippen LogP contribution in [0.3, 0.4) is 0 Å². The molecule has 0 saturated carbocycles. The summed E-state index contributed by atoms with van der Waals surface area (Å²) in [5.41, 5.74) is 6.57. The maximum absolute atomic E-state index is 10.9. The van der Waals surface area contributed by atoms with Crippen LogP contribution in [-0.4, -0.2) is 27.8 Å². The van der Waals surface area contributed by atoms with Crippen molar-refractivity contribution in [3.8, 4) is 0 Å². The van der Waals surface area contributed by atoms with Crippen LogP contribution in [0, 0.1) is 0 Å². The van der Waals surface area contributed by atoms with E-state index >= 15 is 0 Å². The summed E-state index contributed by atoms with van der Waals surface area (Å²) >= 11 is 5.48. The second-order valence-electron chi connectivity index (χ2n) is 5.67. The number of hydrogen-bond donors (Lipinski definition) is 1. The van der Waals surface area contributed by atoms with Gasteiger partial charge in [-0.25, -0.2) is 4.68 Å². The quantitative estimate of drug-likeness (QED) is 0.917. The fourth-order valence-electron chi connectivity index (χ4n) is 2.48. The number of benzene rings is 1. The van der Waals surface area contributed by atoms with Gasteiger partial charge in [0.2, 0.25) is 0 Å². The van der Waals surface area contributed by atoms with E-state index in [1.807, 2.05) is 0 Å².